The quantitative estimate of drug-likeness (QED) is 0.305. The van der Waals surface area contributed by atoms with E-state index < -0.39 is 0 Å². The second kappa shape index (κ2) is 10.0. The summed E-state index contributed by atoms with van der Waals surface area (Å²) in [5.41, 5.74) is 3.99. The third-order valence-electron chi connectivity index (χ3n) is 5.69. The Labute approximate surface area is 206 Å². The molecule has 0 saturated heterocycles. The van der Waals surface area contributed by atoms with Gasteiger partial charge in [0, 0.05) is 12.8 Å². The molecule has 0 aliphatic rings. The molecule has 0 saturated carbocycles. The van der Waals surface area contributed by atoms with E-state index in [1.165, 1.54) is 16.4 Å². The van der Waals surface area contributed by atoms with Gasteiger partial charge >= 0.3 is 0 Å². The minimum atomic E-state index is -0.179. The number of tetrazole rings is 1. The van der Waals surface area contributed by atoms with E-state index in [1.807, 2.05) is 104 Å². The van der Waals surface area contributed by atoms with Crippen molar-refractivity contribution in [3.8, 4) is 17.1 Å². The van der Waals surface area contributed by atoms with Gasteiger partial charge in [-0.3, -0.25) is 9.48 Å². The van der Waals surface area contributed by atoms with Crippen LogP contribution in [0.4, 0.5) is 0 Å². The van der Waals surface area contributed by atoms with Gasteiger partial charge in [0.2, 0.25) is 5.16 Å². The molecule has 0 radical (unpaired) electrons. The fourth-order valence-electron chi connectivity index (χ4n) is 3.82. The van der Waals surface area contributed by atoms with Crippen molar-refractivity contribution in [3.63, 3.8) is 0 Å². The van der Waals surface area contributed by atoms with Crippen LogP contribution in [0.5, 0.6) is 5.75 Å². The number of ether oxygens (including phenoxy) is 1. The third kappa shape index (κ3) is 4.76. The molecule has 0 atom stereocenters. The first-order chi connectivity index (χ1) is 17.1. The van der Waals surface area contributed by atoms with Gasteiger partial charge in [0.25, 0.3) is 5.56 Å². The average Bonchev–Trinajstić information content (AvgIpc) is 3.44. The minimum Gasteiger partial charge on any atom is -0.489 e. The molecule has 0 bridgehead atoms. The van der Waals surface area contributed by atoms with E-state index in [-0.39, 0.29) is 5.56 Å². The van der Waals surface area contributed by atoms with Crippen LogP contribution >= 0.6 is 11.8 Å². The van der Waals surface area contributed by atoms with Crippen LogP contribution in [0.25, 0.3) is 11.4 Å². The Morgan fingerprint density at radius 3 is 2.40 bits per heavy atom. The van der Waals surface area contributed by atoms with Gasteiger partial charge in [-0.15, -0.1) is 5.10 Å². The lowest BCUT2D eigenvalue weighted by molar-refractivity contribution is 0.306. The maximum atomic E-state index is 13.4. The molecule has 35 heavy (non-hydrogen) atoms. The molecular formula is C26H24N6O2S. The summed E-state index contributed by atoms with van der Waals surface area (Å²) < 4.78 is 10.9. The highest BCUT2D eigenvalue weighted by molar-refractivity contribution is 7.98. The van der Waals surface area contributed by atoms with Gasteiger partial charge < -0.3 is 4.74 Å². The fourth-order valence-corrected chi connectivity index (χ4v) is 4.64. The van der Waals surface area contributed by atoms with E-state index in [2.05, 4.69) is 15.5 Å². The van der Waals surface area contributed by atoms with Crippen LogP contribution in [0.1, 0.15) is 16.8 Å². The molecule has 0 N–H and O–H groups in total. The maximum absolute atomic E-state index is 13.4. The monoisotopic (exact) mass is 484 g/mol. The van der Waals surface area contributed by atoms with Crippen molar-refractivity contribution in [1.82, 2.24) is 29.6 Å². The van der Waals surface area contributed by atoms with Crippen molar-refractivity contribution >= 4 is 11.8 Å². The lowest BCUT2D eigenvalue weighted by Gasteiger charge is -2.08. The molecule has 0 unspecified atom stereocenters. The van der Waals surface area contributed by atoms with Gasteiger partial charge in [-0.25, -0.2) is 4.68 Å². The molecule has 176 valence electrons. The van der Waals surface area contributed by atoms with Crippen LogP contribution in [-0.4, -0.2) is 29.6 Å². The van der Waals surface area contributed by atoms with E-state index in [1.54, 1.807) is 4.68 Å². The van der Waals surface area contributed by atoms with E-state index in [4.69, 9.17) is 4.74 Å². The van der Waals surface area contributed by atoms with Gasteiger partial charge in [-0.1, -0.05) is 72.4 Å². The summed E-state index contributed by atoms with van der Waals surface area (Å²) in [5.74, 6) is 1.43. The number of thioether (sulfide) groups is 1. The van der Waals surface area contributed by atoms with Crippen molar-refractivity contribution in [2.45, 2.75) is 24.4 Å². The standard InChI is InChI=1S/C26H24N6O2S/c1-19-24(25(33)32(30(19)2)22-13-7-4-8-14-22)31-26(27-28-29-31)35-18-21-12-9-15-23(16-21)34-17-20-10-5-3-6-11-20/h3-16H,17-18H2,1-2H3. The molecule has 5 aromatic rings. The highest BCUT2D eigenvalue weighted by Crippen LogP contribution is 2.25. The number of hydrogen-bond donors (Lipinski definition) is 0. The zero-order valence-electron chi connectivity index (χ0n) is 19.4. The Hall–Kier alpha value is -4.11. The van der Waals surface area contributed by atoms with E-state index in [0.29, 0.717) is 23.2 Å². The van der Waals surface area contributed by atoms with Gasteiger partial charge in [0.05, 0.1) is 11.4 Å². The topological polar surface area (TPSA) is 79.8 Å². The Kier molecular flexibility index (Phi) is 6.49. The maximum Gasteiger partial charge on any atom is 0.297 e. The van der Waals surface area contributed by atoms with Crippen LogP contribution in [0.15, 0.2) is 94.9 Å². The van der Waals surface area contributed by atoms with E-state index in [9.17, 15) is 4.79 Å². The number of para-hydroxylation sites is 1. The SMILES string of the molecule is Cc1c(-n2nnnc2SCc2cccc(OCc3ccccc3)c2)c(=O)n(-c2ccccc2)n1C. The van der Waals surface area contributed by atoms with Crippen molar-refractivity contribution in [1.29, 1.82) is 0 Å². The summed E-state index contributed by atoms with van der Waals surface area (Å²) in [6, 6.07) is 27.5. The predicted molar refractivity (Wildman–Crippen MR) is 135 cm³/mol. The van der Waals surface area contributed by atoms with Gasteiger partial charge in [0.1, 0.15) is 12.4 Å². The molecule has 0 fully saturated rings. The van der Waals surface area contributed by atoms with Gasteiger partial charge in [0.15, 0.2) is 5.69 Å². The second-order valence-electron chi connectivity index (χ2n) is 7.99. The van der Waals surface area contributed by atoms with Gasteiger partial charge in [-0.05, 0) is 52.7 Å². The van der Waals surface area contributed by atoms with Crippen molar-refractivity contribution < 1.29 is 4.74 Å². The summed E-state index contributed by atoms with van der Waals surface area (Å²) in [6.07, 6.45) is 0. The molecule has 0 aliphatic carbocycles. The largest absolute Gasteiger partial charge is 0.489 e. The first-order valence-electron chi connectivity index (χ1n) is 11.1. The molecular weight excluding hydrogens is 460 g/mol. The summed E-state index contributed by atoms with van der Waals surface area (Å²) in [5, 5.41) is 12.7. The highest BCUT2D eigenvalue weighted by Gasteiger charge is 2.22. The molecule has 9 heteroatoms. The van der Waals surface area contributed by atoms with Crippen LogP contribution in [0.2, 0.25) is 0 Å². The lowest BCUT2D eigenvalue weighted by atomic mass is 10.2. The number of aromatic nitrogens is 6. The summed E-state index contributed by atoms with van der Waals surface area (Å²) >= 11 is 1.47. The number of benzene rings is 3. The highest BCUT2D eigenvalue weighted by atomic mass is 32.2. The summed E-state index contributed by atoms with van der Waals surface area (Å²) in [4.78, 5) is 13.4. The van der Waals surface area contributed by atoms with Crippen molar-refractivity contribution in [3.05, 3.63) is 112 Å². The van der Waals surface area contributed by atoms with E-state index in [0.717, 1.165) is 28.3 Å². The predicted octanol–water partition coefficient (Wildman–Crippen LogP) is 4.33. The Morgan fingerprint density at radius 1 is 0.914 bits per heavy atom. The van der Waals surface area contributed by atoms with Crippen molar-refractivity contribution in [2.75, 3.05) is 0 Å². The van der Waals surface area contributed by atoms with Crippen LogP contribution in [0, 0.1) is 6.92 Å². The first kappa shape index (κ1) is 22.7. The Morgan fingerprint density at radius 2 is 1.63 bits per heavy atom. The number of rotatable bonds is 8. The average molecular weight is 485 g/mol. The minimum absolute atomic E-state index is 0.179. The molecule has 2 heterocycles. The molecule has 0 amide bonds. The summed E-state index contributed by atoms with van der Waals surface area (Å²) in [7, 11) is 1.85. The van der Waals surface area contributed by atoms with Gasteiger partial charge in [-0.2, -0.15) is 4.68 Å². The zero-order chi connectivity index (χ0) is 24.2. The third-order valence-corrected chi connectivity index (χ3v) is 6.68. The van der Waals surface area contributed by atoms with Crippen LogP contribution < -0.4 is 10.3 Å². The second-order valence-corrected chi connectivity index (χ2v) is 8.94. The fraction of sp³-hybridized carbons (Fsp3) is 0.154. The molecule has 0 spiro atoms. The Bertz CT molecular complexity index is 1490. The number of hydrogen-bond acceptors (Lipinski definition) is 6. The molecule has 3 aromatic carbocycles. The Balaban J connectivity index is 1.35. The first-order valence-corrected chi connectivity index (χ1v) is 12.1. The van der Waals surface area contributed by atoms with E-state index >= 15 is 0 Å². The summed E-state index contributed by atoms with van der Waals surface area (Å²) in [6.45, 7) is 2.40. The molecule has 8 nitrogen and oxygen atoms in total. The van der Waals surface area contributed by atoms with Crippen molar-refractivity contribution in [2.24, 2.45) is 7.05 Å². The van der Waals surface area contributed by atoms with Crippen LogP contribution in [-0.2, 0) is 19.4 Å². The normalized spacial score (nSPS) is 11.0. The lowest BCUT2D eigenvalue weighted by Crippen LogP contribution is -2.22. The number of nitrogens with zero attached hydrogens (tertiary/aromatic N) is 6. The zero-order valence-corrected chi connectivity index (χ0v) is 20.2. The molecule has 5 rings (SSSR count). The molecule has 2 aromatic heterocycles. The smallest absolute Gasteiger partial charge is 0.297 e. The van der Waals surface area contributed by atoms with Crippen LogP contribution in [0.3, 0.4) is 0 Å². The molecule has 0 aliphatic heterocycles.